The Hall–Kier alpha value is -4.19. The molecule has 0 amide bonds. The molecule has 0 aliphatic rings. The van der Waals surface area contributed by atoms with Crippen LogP contribution in [0.1, 0.15) is 29.8 Å². The molecule has 9 nitrogen and oxygen atoms in total. The Morgan fingerprint density at radius 1 is 1.10 bits per heavy atom. The lowest BCUT2D eigenvalue weighted by Crippen LogP contribution is -2.10. The normalized spacial score (nSPS) is 10.6. The van der Waals surface area contributed by atoms with Crippen molar-refractivity contribution in [2.24, 2.45) is 0 Å². The summed E-state index contributed by atoms with van der Waals surface area (Å²) in [6.45, 7) is 3.79. The third kappa shape index (κ3) is 5.65. The van der Waals surface area contributed by atoms with Gasteiger partial charge in [0, 0.05) is 12.1 Å². The van der Waals surface area contributed by atoms with Gasteiger partial charge < -0.3 is 14.2 Å². The molecule has 0 spiro atoms. The lowest BCUT2D eigenvalue weighted by molar-refractivity contribution is -0.384. The number of esters is 2. The standard InChI is InChI=1S/C21H18N2O7/c1-3-28-19-12-14(11-16(13-22)20(24)29-4-2)5-10-18(19)30-21(25)15-6-8-17(9-7-15)23(26)27/h5-12H,3-4H2,1-2H3/b16-11+. The molecule has 0 heterocycles. The van der Waals surface area contributed by atoms with E-state index in [2.05, 4.69) is 0 Å². The van der Waals surface area contributed by atoms with Gasteiger partial charge in [-0.25, -0.2) is 9.59 Å². The Labute approximate surface area is 172 Å². The van der Waals surface area contributed by atoms with E-state index in [1.807, 2.05) is 0 Å². The molecule has 0 radical (unpaired) electrons. The minimum absolute atomic E-state index is 0.118. The van der Waals surface area contributed by atoms with Crippen molar-refractivity contribution in [1.82, 2.24) is 0 Å². The van der Waals surface area contributed by atoms with Crippen molar-refractivity contribution in [3.8, 4) is 17.6 Å². The zero-order chi connectivity index (χ0) is 22.1. The first-order chi connectivity index (χ1) is 14.4. The molecule has 0 saturated heterocycles. The van der Waals surface area contributed by atoms with Crippen molar-refractivity contribution in [2.75, 3.05) is 13.2 Å². The van der Waals surface area contributed by atoms with E-state index < -0.39 is 16.9 Å². The predicted octanol–water partition coefficient (Wildman–Crippen LogP) is 3.68. The molecule has 0 N–H and O–H groups in total. The van der Waals surface area contributed by atoms with Crippen LogP contribution in [0.2, 0.25) is 0 Å². The number of carbonyl (C=O) groups is 2. The summed E-state index contributed by atoms with van der Waals surface area (Å²) in [4.78, 5) is 34.3. The molecule has 9 heteroatoms. The van der Waals surface area contributed by atoms with Crippen molar-refractivity contribution in [3.05, 3.63) is 69.3 Å². The first-order valence-corrected chi connectivity index (χ1v) is 8.92. The Morgan fingerprint density at radius 2 is 1.80 bits per heavy atom. The van der Waals surface area contributed by atoms with Crippen molar-refractivity contribution >= 4 is 23.7 Å². The van der Waals surface area contributed by atoms with Gasteiger partial charge in [-0.3, -0.25) is 10.1 Å². The summed E-state index contributed by atoms with van der Waals surface area (Å²) in [5.74, 6) is -1.13. The zero-order valence-electron chi connectivity index (χ0n) is 16.3. The third-order valence-corrected chi connectivity index (χ3v) is 3.71. The van der Waals surface area contributed by atoms with E-state index in [1.54, 1.807) is 19.9 Å². The van der Waals surface area contributed by atoms with Crippen LogP contribution in [0.5, 0.6) is 11.5 Å². The van der Waals surface area contributed by atoms with Gasteiger partial charge in [0.15, 0.2) is 11.5 Å². The SMILES string of the molecule is CCOC(=O)/C(C#N)=C/c1ccc(OC(=O)c2ccc([N+](=O)[O-])cc2)c(OCC)c1. The fourth-order valence-corrected chi connectivity index (χ4v) is 2.36. The summed E-state index contributed by atoms with van der Waals surface area (Å²) in [6.07, 6.45) is 1.34. The van der Waals surface area contributed by atoms with Gasteiger partial charge in [-0.15, -0.1) is 0 Å². The van der Waals surface area contributed by atoms with E-state index >= 15 is 0 Å². The molecule has 2 rings (SSSR count). The van der Waals surface area contributed by atoms with Crippen molar-refractivity contribution in [3.63, 3.8) is 0 Å². The first kappa shape index (κ1) is 22.1. The highest BCUT2D eigenvalue weighted by atomic mass is 16.6. The average Bonchev–Trinajstić information content (AvgIpc) is 2.74. The summed E-state index contributed by atoms with van der Waals surface area (Å²) in [7, 11) is 0. The van der Waals surface area contributed by atoms with Crippen molar-refractivity contribution in [2.45, 2.75) is 13.8 Å². The lowest BCUT2D eigenvalue weighted by Gasteiger charge is -2.11. The quantitative estimate of drug-likeness (QED) is 0.161. The molecule has 0 unspecified atom stereocenters. The predicted molar refractivity (Wildman–Crippen MR) is 106 cm³/mol. The maximum absolute atomic E-state index is 12.4. The Balaban J connectivity index is 2.28. The smallest absolute Gasteiger partial charge is 0.348 e. The van der Waals surface area contributed by atoms with Crippen LogP contribution in [0.25, 0.3) is 6.08 Å². The van der Waals surface area contributed by atoms with Crippen LogP contribution in [0.4, 0.5) is 5.69 Å². The van der Waals surface area contributed by atoms with E-state index in [4.69, 9.17) is 19.5 Å². The fraction of sp³-hybridized carbons (Fsp3) is 0.190. The molecular weight excluding hydrogens is 392 g/mol. The number of non-ortho nitro benzene ring substituents is 1. The van der Waals surface area contributed by atoms with Crippen LogP contribution in [0, 0.1) is 21.4 Å². The molecular formula is C21H18N2O7. The van der Waals surface area contributed by atoms with Crippen LogP contribution in [0.15, 0.2) is 48.0 Å². The Bertz CT molecular complexity index is 1020. The largest absolute Gasteiger partial charge is 0.490 e. The second-order valence-electron chi connectivity index (χ2n) is 5.72. The Morgan fingerprint density at radius 3 is 2.37 bits per heavy atom. The number of nitro benzene ring substituents is 1. The lowest BCUT2D eigenvalue weighted by atomic mass is 10.1. The second kappa shape index (κ2) is 10.4. The number of rotatable bonds is 8. The molecule has 2 aromatic carbocycles. The van der Waals surface area contributed by atoms with Crippen molar-refractivity contribution in [1.29, 1.82) is 5.26 Å². The monoisotopic (exact) mass is 410 g/mol. The number of nitro groups is 1. The summed E-state index contributed by atoms with van der Waals surface area (Å²) in [5, 5.41) is 19.9. The maximum atomic E-state index is 12.4. The molecule has 0 aliphatic heterocycles. The molecule has 0 saturated carbocycles. The van der Waals surface area contributed by atoms with E-state index in [-0.39, 0.29) is 41.5 Å². The molecule has 0 atom stereocenters. The molecule has 0 aromatic heterocycles. The van der Waals surface area contributed by atoms with Gasteiger partial charge in [-0.05, 0) is 49.8 Å². The molecule has 0 aliphatic carbocycles. The minimum Gasteiger partial charge on any atom is -0.490 e. The van der Waals surface area contributed by atoms with E-state index in [0.717, 1.165) is 0 Å². The summed E-state index contributed by atoms with van der Waals surface area (Å²) in [5.41, 5.74) is 0.266. The number of ether oxygens (including phenoxy) is 3. The molecule has 30 heavy (non-hydrogen) atoms. The molecule has 0 bridgehead atoms. The van der Waals surface area contributed by atoms with Gasteiger partial charge in [0.1, 0.15) is 11.6 Å². The highest BCUT2D eigenvalue weighted by Gasteiger charge is 2.16. The fourth-order valence-electron chi connectivity index (χ4n) is 2.36. The molecule has 0 fully saturated rings. The third-order valence-electron chi connectivity index (χ3n) is 3.71. The van der Waals surface area contributed by atoms with E-state index in [0.29, 0.717) is 5.56 Å². The van der Waals surface area contributed by atoms with Gasteiger partial charge in [-0.1, -0.05) is 6.07 Å². The number of hydrogen-bond donors (Lipinski definition) is 0. The van der Waals surface area contributed by atoms with Gasteiger partial charge in [0.2, 0.25) is 0 Å². The maximum Gasteiger partial charge on any atom is 0.348 e. The summed E-state index contributed by atoms with van der Waals surface area (Å²) < 4.78 is 15.7. The van der Waals surface area contributed by atoms with Gasteiger partial charge in [-0.2, -0.15) is 5.26 Å². The van der Waals surface area contributed by atoms with Crippen LogP contribution >= 0.6 is 0 Å². The molecule has 154 valence electrons. The Kier molecular flexibility index (Phi) is 7.65. The average molecular weight is 410 g/mol. The second-order valence-corrected chi connectivity index (χ2v) is 5.72. The highest BCUT2D eigenvalue weighted by molar-refractivity contribution is 5.98. The van der Waals surface area contributed by atoms with Crippen LogP contribution in [-0.4, -0.2) is 30.1 Å². The van der Waals surface area contributed by atoms with Gasteiger partial charge in [0.25, 0.3) is 5.69 Å². The van der Waals surface area contributed by atoms with E-state index in [1.165, 1.54) is 48.5 Å². The van der Waals surface area contributed by atoms with Gasteiger partial charge in [0.05, 0.1) is 23.7 Å². The summed E-state index contributed by atoms with van der Waals surface area (Å²) >= 11 is 0. The highest BCUT2D eigenvalue weighted by Crippen LogP contribution is 2.30. The van der Waals surface area contributed by atoms with Crippen LogP contribution in [-0.2, 0) is 9.53 Å². The number of benzene rings is 2. The van der Waals surface area contributed by atoms with Crippen molar-refractivity contribution < 1.29 is 28.7 Å². The topological polar surface area (TPSA) is 129 Å². The van der Waals surface area contributed by atoms with Gasteiger partial charge >= 0.3 is 11.9 Å². The number of hydrogen-bond acceptors (Lipinski definition) is 8. The number of nitriles is 1. The van der Waals surface area contributed by atoms with Crippen LogP contribution in [0.3, 0.4) is 0 Å². The number of nitrogens with zero attached hydrogens (tertiary/aromatic N) is 2. The van der Waals surface area contributed by atoms with E-state index in [9.17, 15) is 19.7 Å². The summed E-state index contributed by atoms with van der Waals surface area (Å²) in [6, 6.07) is 11.3. The number of carbonyl (C=O) groups excluding carboxylic acids is 2. The van der Waals surface area contributed by atoms with Crippen LogP contribution < -0.4 is 9.47 Å². The molecule has 2 aromatic rings. The zero-order valence-corrected chi connectivity index (χ0v) is 16.3. The minimum atomic E-state index is -0.744. The first-order valence-electron chi connectivity index (χ1n) is 8.92.